The van der Waals surface area contributed by atoms with E-state index in [2.05, 4.69) is 15.9 Å². The van der Waals surface area contributed by atoms with E-state index in [1.54, 1.807) is 13.8 Å². The molecule has 4 heteroatoms. The van der Waals surface area contributed by atoms with Crippen molar-refractivity contribution in [2.45, 2.75) is 19.9 Å². The van der Waals surface area contributed by atoms with E-state index in [1.807, 2.05) is 0 Å². The molecule has 76 valence electrons. The van der Waals surface area contributed by atoms with Crippen molar-refractivity contribution in [1.82, 2.24) is 0 Å². The number of aryl methyl sites for hydroxylation is 1. The van der Waals surface area contributed by atoms with Crippen molar-refractivity contribution in [3.63, 3.8) is 0 Å². The van der Waals surface area contributed by atoms with Gasteiger partial charge in [-0.05, 0) is 47.5 Å². The molecule has 0 amide bonds. The maximum atomic E-state index is 13.2. The first-order valence-electron chi connectivity index (χ1n) is 4.19. The molecule has 0 aliphatic heterocycles. The molecule has 1 atom stereocenters. The Hall–Kier alpha value is -0.740. The lowest BCUT2D eigenvalue weighted by Crippen LogP contribution is -2.26. The molecule has 0 bridgehead atoms. The van der Waals surface area contributed by atoms with E-state index >= 15 is 0 Å². The highest BCUT2D eigenvalue weighted by molar-refractivity contribution is 9.10. The fraction of sp³-hybridized carbons (Fsp3) is 0.300. The molecule has 0 saturated carbocycles. The summed E-state index contributed by atoms with van der Waals surface area (Å²) in [6, 6.07) is 2.39. The average molecular weight is 260 g/mol. The zero-order chi connectivity index (χ0) is 10.9. The molecule has 0 spiro atoms. The van der Waals surface area contributed by atoms with E-state index < -0.39 is 6.04 Å². The first-order valence-corrected chi connectivity index (χ1v) is 4.98. The number of benzene rings is 1. The highest BCUT2D eigenvalue weighted by Crippen LogP contribution is 2.21. The molecule has 0 heterocycles. The summed E-state index contributed by atoms with van der Waals surface area (Å²) in [6.45, 7) is 3.22. The number of rotatable bonds is 2. The Morgan fingerprint density at radius 2 is 2.14 bits per heavy atom. The molecule has 1 aromatic rings. The van der Waals surface area contributed by atoms with Gasteiger partial charge >= 0.3 is 0 Å². The number of hydrogen-bond donors (Lipinski definition) is 1. The summed E-state index contributed by atoms with van der Waals surface area (Å²) in [5, 5.41) is 0. The fourth-order valence-electron chi connectivity index (χ4n) is 1.13. The van der Waals surface area contributed by atoms with Crippen LogP contribution in [0.2, 0.25) is 0 Å². The van der Waals surface area contributed by atoms with Crippen LogP contribution >= 0.6 is 15.9 Å². The minimum Gasteiger partial charge on any atom is -0.321 e. The molecule has 1 aromatic carbocycles. The molecule has 2 nitrogen and oxygen atoms in total. The molecule has 14 heavy (non-hydrogen) atoms. The van der Waals surface area contributed by atoms with Gasteiger partial charge in [-0.3, -0.25) is 4.79 Å². The van der Waals surface area contributed by atoms with Crippen molar-refractivity contribution >= 4 is 21.7 Å². The second kappa shape index (κ2) is 4.19. The molecule has 2 N–H and O–H groups in total. The predicted octanol–water partition coefficient (Wildman–Crippen LogP) is 2.43. The highest BCUT2D eigenvalue weighted by Gasteiger charge is 2.14. The fourth-order valence-corrected chi connectivity index (χ4v) is 1.69. The van der Waals surface area contributed by atoms with E-state index in [4.69, 9.17) is 5.73 Å². The molecule has 0 fully saturated rings. The summed E-state index contributed by atoms with van der Waals surface area (Å²) in [7, 11) is 0. The largest absolute Gasteiger partial charge is 0.321 e. The molecule has 1 unspecified atom stereocenters. The van der Waals surface area contributed by atoms with Gasteiger partial charge in [-0.2, -0.15) is 0 Å². The maximum absolute atomic E-state index is 13.2. The van der Waals surface area contributed by atoms with Gasteiger partial charge in [-0.15, -0.1) is 0 Å². The Morgan fingerprint density at radius 1 is 1.57 bits per heavy atom. The summed E-state index contributed by atoms with van der Waals surface area (Å²) in [4.78, 5) is 11.5. The van der Waals surface area contributed by atoms with Crippen LogP contribution in [0.15, 0.2) is 16.6 Å². The third-order valence-corrected chi connectivity index (χ3v) is 2.49. The lowest BCUT2D eigenvalue weighted by atomic mass is 10.0. The number of carbonyl (C=O) groups excluding carboxylic acids is 1. The molecule has 0 aromatic heterocycles. The lowest BCUT2D eigenvalue weighted by molar-refractivity contribution is 0.0968. The van der Waals surface area contributed by atoms with E-state index in [-0.39, 0.29) is 11.6 Å². The number of nitrogens with two attached hydrogens (primary N) is 1. The molecular weight excluding hydrogens is 249 g/mol. The number of ketones is 1. The summed E-state index contributed by atoms with van der Waals surface area (Å²) >= 11 is 3.05. The summed E-state index contributed by atoms with van der Waals surface area (Å²) in [5.74, 6) is -0.528. The lowest BCUT2D eigenvalue weighted by Gasteiger charge is -2.07. The van der Waals surface area contributed by atoms with Gasteiger partial charge in [0.25, 0.3) is 0 Å². The molecule has 1 rings (SSSR count). The number of hydrogen-bond acceptors (Lipinski definition) is 2. The standard InChI is InChI=1S/C10H11BrFNO/c1-5-3-7(10(14)6(2)13)4-8(11)9(5)12/h3-4,6H,13H2,1-2H3. The van der Waals surface area contributed by atoms with Gasteiger partial charge in [0.1, 0.15) is 5.82 Å². The topological polar surface area (TPSA) is 43.1 Å². The van der Waals surface area contributed by atoms with Crippen molar-refractivity contribution in [2.75, 3.05) is 0 Å². The molecular formula is C10H11BrFNO. The molecule has 0 radical (unpaired) electrons. The quantitative estimate of drug-likeness (QED) is 0.830. The second-order valence-electron chi connectivity index (χ2n) is 3.24. The van der Waals surface area contributed by atoms with Crippen LogP contribution in [0.25, 0.3) is 0 Å². The Bertz CT molecular complexity index is 353. The third-order valence-electron chi connectivity index (χ3n) is 1.91. The summed E-state index contributed by atoms with van der Waals surface area (Å²) in [5.41, 5.74) is 6.32. The van der Waals surface area contributed by atoms with Gasteiger partial charge in [0.05, 0.1) is 10.5 Å². The minimum atomic E-state index is -0.563. The monoisotopic (exact) mass is 259 g/mol. The number of Topliss-reactive ketones (excluding diaryl/α,β-unsaturated/α-hetero) is 1. The highest BCUT2D eigenvalue weighted by atomic mass is 79.9. The Labute approximate surface area is 90.4 Å². The third kappa shape index (κ3) is 2.19. The predicted molar refractivity (Wildman–Crippen MR) is 56.8 cm³/mol. The zero-order valence-corrected chi connectivity index (χ0v) is 9.56. The van der Waals surface area contributed by atoms with Crippen molar-refractivity contribution in [3.05, 3.63) is 33.5 Å². The van der Waals surface area contributed by atoms with Crippen LogP contribution in [0.4, 0.5) is 4.39 Å². The van der Waals surface area contributed by atoms with Crippen LogP contribution in [-0.2, 0) is 0 Å². The van der Waals surface area contributed by atoms with Crippen LogP contribution in [-0.4, -0.2) is 11.8 Å². The number of carbonyl (C=O) groups is 1. The molecule has 0 aliphatic rings. The van der Waals surface area contributed by atoms with Gasteiger partial charge in [-0.1, -0.05) is 0 Å². The summed E-state index contributed by atoms with van der Waals surface area (Å²) in [6.07, 6.45) is 0. The van der Waals surface area contributed by atoms with E-state index in [0.29, 0.717) is 15.6 Å². The Balaban J connectivity index is 3.19. The van der Waals surface area contributed by atoms with Crippen LogP contribution < -0.4 is 5.73 Å². The minimum absolute atomic E-state index is 0.186. The van der Waals surface area contributed by atoms with E-state index in [1.165, 1.54) is 12.1 Å². The van der Waals surface area contributed by atoms with Crippen molar-refractivity contribution in [2.24, 2.45) is 5.73 Å². The first kappa shape index (κ1) is 11.3. The van der Waals surface area contributed by atoms with Crippen molar-refractivity contribution in [1.29, 1.82) is 0 Å². The SMILES string of the molecule is Cc1cc(C(=O)C(C)N)cc(Br)c1F. The van der Waals surface area contributed by atoms with Gasteiger partial charge in [-0.25, -0.2) is 4.39 Å². The Kier molecular flexibility index (Phi) is 3.39. The molecule has 0 saturated heterocycles. The van der Waals surface area contributed by atoms with Gasteiger partial charge in [0, 0.05) is 5.56 Å². The maximum Gasteiger partial charge on any atom is 0.179 e. The number of halogens is 2. The van der Waals surface area contributed by atoms with Crippen LogP contribution in [0.1, 0.15) is 22.8 Å². The summed E-state index contributed by atoms with van der Waals surface area (Å²) < 4.78 is 13.5. The Morgan fingerprint density at radius 3 is 2.57 bits per heavy atom. The smallest absolute Gasteiger partial charge is 0.179 e. The first-order chi connectivity index (χ1) is 6.43. The van der Waals surface area contributed by atoms with E-state index in [0.717, 1.165) is 0 Å². The average Bonchev–Trinajstić information content (AvgIpc) is 2.12. The van der Waals surface area contributed by atoms with Crippen LogP contribution in [0.3, 0.4) is 0 Å². The zero-order valence-electron chi connectivity index (χ0n) is 7.97. The van der Waals surface area contributed by atoms with Crippen molar-refractivity contribution < 1.29 is 9.18 Å². The van der Waals surface area contributed by atoms with Crippen LogP contribution in [0.5, 0.6) is 0 Å². The normalized spacial score (nSPS) is 12.6. The van der Waals surface area contributed by atoms with Crippen molar-refractivity contribution in [3.8, 4) is 0 Å². The van der Waals surface area contributed by atoms with E-state index in [9.17, 15) is 9.18 Å². The van der Waals surface area contributed by atoms with Gasteiger partial charge in [0.15, 0.2) is 5.78 Å². The van der Waals surface area contributed by atoms with Gasteiger partial charge in [0.2, 0.25) is 0 Å². The molecule has 0 aliphatic carbocycles. The van der Waals surface area contributed by atoms with Gasteiger partial charge < -0.3 is 5.73 Å². The second-order valence-corrected chi connectivity index (χ2v) is 4.10. The van der Waals surface area contributed by atoms with Crippen LogP contribution in [0, 0.1) is 12.7 Å².